The lowest BCUT2D eigenvalue weighted by Gasteiger charge is -2.25. The van der Waals surface area contributed by atoms with Crippen LogP contribution in [0.4, 0.5) is 11.4 Å². The minimum atomic E-state index is -0.370. The predicted octanol–water partition coefficient (Wildman–Crippen LogP) is 2.62. The zero-order valence-electron chi connectivity index (χ0n) is 11.9. The van der Waals surface area contributed by atoms with Gasteiger partial charge in [0.1, 0.15) is 0 Å². The lowest BCUT2D eigenvalue weighted by Crippen LogP contribution is -2.38. The maximum absolute atomic E-state index is 11.0. The van der Waals surface area contributed by atoms with Crippen LogP contribution < -0.4 is 10.6 Å². The standard InChI is InChI=1S/C15H18N4O2/c1-10-7-15(18-11-3-2-6-16-9-11)13-8-12(19(20)21)4-5-14(13)17-10/h4-5,7-8,11,16H,2-3,6,9H2,1H3,(H,17,18). The molecular formula is C15H18N4O2. The fraction of sp³-hybridized carbons (Fsp3) is 0.400. The maximum atomic E-state index is 11.0. The van der Waals surface area contributed by atoms with Crippen LogP contribution in [0.15, 0.2) is 24.3 Å². The fourth-order valence-electron chi connectivity index (χ4n) is 2.77. The minimum absolute atomic E-state index is 0.0953. The van der Waals surface area contributed by atoms with Gasteiger partial charge in [0.25, 0.3) is 5.69 Å². The van der Waals surface area contributed by atoms with Gasteiger partial charge >= 0.3 is 0 Å². The van der Waals surface area contributed by atoms with Crippen LogP contribution in [0.2, 0.25) is 0 Å². The van der Waals surface area contributed by atoms with Gasteiger partial charge in [0.05, 0.1) is 10.4 Å². The fourth-order valence-corrected chi connectivity index (χ4v) is 2.77. The third kappa shape index (κ3) is 2.95. The van der Waals surface area contributed by atoms with Crippen molar-refractivity contribution < 1.29 is 4.92 Å². The van der Waals surface area contributed by atoms with Gasteiger partial charge < -0.3 is 10.6 Å². The molecule has 1 aliphatic rings. The number of piperidine rings is 1. The van der Waals surface area contributed by atoms with E-state index >= 15 is 0 Å². The number of nitrogens with zero attached hydrogens (tertiary/aromatic N) is 2. The molecule has 0 aliphatic carbocycles. The Bertz CT molecular complexity index is 681. The van der Waals surface area contributed by atoms with Gasteiger partial charge in [0.2, 0.25) is 0 Å². The minimum Gasteiger partial charge on any atom is -0.380 e. The third-order valence-electron chi connectivity index (χ3n) is 3.79. The normalized spacial score (nSPS) is 18.6. The molecule has 3 rings (SSSR count). The zero-order valence-corrected chi connectivity index (χ0v) is 11.9. The highest BCUT2D eigenvalue weighted by Crippen LogP contribution is 2.28. The molecule has 1 saturated heterocycles. The van der Waals surface area contributed by atoms with Crippen LogP contribution in [-0.2, 0) is 0 Å². The van der Waals surface area contributed by atoms with Crippen molar-refractivity contribution in [1.29, 1.82) is 0 Å². The molecule has 6 heteroatoms. The van der Waals surface area contributed by atoms with E-state index in [1.165, 1.54) is 6.07 Å². The average Bonchev–Trinajstić information content (AvgIpc) is 2.47. The summed E-state index contributed by atoms with van der Waals surface area (Å²) in [5.74, 6) is 0. The van der Waals surface area contributed by atoms with E-state index in [9.17, 15) is 10.1 Å². The smallest absolute Gasteiger partial charge is 0.270 e. The molecule has 0 saturated carbocycles. The molecule has 0 amide bonds. The molecule has 0 spiro atoms. The molecule has 1 fully saturated rings. The van der Waals surface area contributed by atoms with Crippen molar-refractivity contribution in [1.82, 2.24) is 10.3 Å². The van der Waals surface area contributed by atoms with Gasteiger partial charge in [-0.1, -0.05) is 0 Å². The highest BCUT2D eigenvalue weighted by atomic mass is 16.6. The monoisotopic (exact) mass is 286 g/mol. The molecule has 0 radical (unpaired) electrons. The number of aromatic nitrogens is 1. The number of pyridine rings is 1. The number of non-ortho nitro benzene ring substituents is 1. The van der Waals surface area contributed by atoms with Crippen LogP contribution in [0.5, 0.6) is 0 Å². The van der Waals surface area contributed by atoms with E-state index in [0.717, 1.165) is 48.2 Å². The lowest BCUT2D eigenvalue weighted by atomic mass is 10.1. The molecule has 21 heavy (non-hydrogen) atoms. The van der Waals surface area contributed by atoms with Crippen LogP contribution in [0.1, 0.15) is 18.5 Å². The number of nitrogens with one attached hydrogen (secondary N) is 2. The Morgan fingerprint density at radius 2 is 2.29 bits per heavy atom. The Hall–Kier alpha value is -2.21. The molecule has 110 valence electrons. The van der Waals surface area contributed by atoms with Crippen molar-refractivity contribution in [3.8, 4) is 0 Å². The van der Waals surface area contributed by atoms with E-state index < -0.39 is 0 Å². The largest absolute Gasteiger partial charge is 0.380 e. The van der Waals surface area contributed by atoms with Crippen molar-refractivity contribution >= 4 is 22.3 Å². The summed E-state index contributed by atoms with van der Waals surface area (Å²) < 4.78 is 0. The molecule has 2 heterocycles. The van der Waals surface area contributed by atoms with Gasteiger partial charge in [-0.2, -0.15) is 0 Å². The van der Waals surface area contributed by atoms with Crippen molar-refractivity contribution in [2.45, 2.75) is 25.8 Å². The van der Waals surface area contributed by atoms with Gasteiger partial charge in [-0.3, -0.25) is 15.1 Å². The van der Waals surface area contributed by atoms with E-state index in [1.54, 1.807) is 12.1 Å². The number of nitro groups is 1. The molecule has 0 bridgehead atoms. The second kappa shape index (κ2) is 5.65. The second-order valence-corrected chi connectivity index (χ2v) is 5.46. The van der Waals surface area contributed by atoms with Crippen LogP contribution in [0.25, 0.3) is 10.9 Å². The molecule has 1 atom stereocenters. The highest BCUT2D eigenvalue weighted by molar-refractivity contribution is 5.93. The first-order valence-electron chi connectivity index (χ1n) is 7.16. The quantitative estimate of drug-likeness (QED) is 0.669. The van der Waals surface area contributed by atoms with Crippen LogP contribution >= 0.6 is 0 Å². The van der Waals surface area contributed by atoms with Gasteiger partial charge in [-0.25, -0.2) is 0 Å². The summed E-state index contributed by atoms with van der Waals surface area (Å²) in [7, 11) is 0. The number of hydrogen-bond donors (Lipinski definition) is 2. The molecule has 2 aromatic rings. The summed E-state index contributed by atoms with van der Waals surface area (Å²) in [4.78, 5) is 15.0. The van der Waals surface area contributed by atoms with Crippen molar-refractivity contribution in [3.05, 3.63) is 40.1 Å². The number of nitro benzene ring substituents is 1. The molecule has 1 unspecified atom stereocenters. The number of aryl methyl sites for hydroxylation is 1. The molecule has 1 aliphatic heterocycles. The molecular weight excluding hydrogens is 268 g/mol. The number of rotatable bonds is 3. The van der Waals surface area contributed by atoms with Crippen molar-refractivity contribution in [2.24, 2.45) is 0 Å². The van der Waals surface area contributed by atoms with E-state index in [4.69, 9.17) is 0 Å². The van der Waals surface area contributed by atoms with Crippen molar-refractivity contribution in [3.63, 3.8) is 0 Å². The number of benzene rings is 1. The Morgan fingerprint density at radius 3 is 3.00 bits per heavy atom. The average molecular weight is 286 g/mol. The molecule has 1 aromatic heterocycles. The van der Waals surface area contributed by atoms with Gasteiger partial charge in [0, 0.05) is 41.5 Å². The first-order valence-corrected chi connectivity index (χ1v) is 7.16. The van der Waals surface area contributed by atoms with Crippen molar-refractivity contribution in [2.75, 3.05) is 18.4 Å². The first kappa shape index (κ1) is 13.8. The predicted molar refractivity (Wildman–Crippen MR) is 82.6 cm³/mol. The number of anilines is 1. The van der Waals surface area contributed by atoms with Crippen LogP contribution in [-0.4, -0.2) is 29.0 Å². The first-order chi connectivity index (χ1) is 10.1. The summed E-state index contributed by atoms with van der Waals surface area (Å²) >= 11 is 0. The van der Waals surface area contributed by atoms with Crippen LogP contribution in [0, 0.1) is 17.0 Å². The topological polar surface area (TPSA) is 80.1 Å². The summed E-state index contributed by atoms with van der Waals surface area (Å²) in [6, 6.07) is 7.12. The second-order valence-electron chi connectivity index (χ2n) is 5.46. The van der Waals surface area contributed by atoms with E-state index in [1.807, 2.05) is 13.0 Å². The summed E-state index contributed by atoms with van der Waals surface area (Å²) in [5.41, 5.74) is 2.71. The molecule has 6 nitrogen and oxygen atoms in total. The highest BCUT2D eigenvalue weighted by Gasteiger charge is 2.16. The van der Waals surface area contributed by atoms with E-state index in [2.05, 4.69) is 15.6 Å². The van der Waals surface area contributed by atoms with Gasteiger partial charge in [-0.15, -0.1) is 0 Å². The van der Waals surface area contributed by atoms with Crippen LogP contribution in [0.3, 0.4) is 0 Å². The van der Waals surface area contributed by atoms with Gasteiger partial charge in [0.15, 0.2) is 0 Å². The number of hydrogen-bond acceptors (Lipinski definition) is 5. The Balaban J connectivity index is 2.01. The molecule has 2 N–H and O–H groups in total. The Labute approximate surface area is 122 Å². The Morgan fingerprint density at radius 1 is 1.43 bits per heavy atom. The molecule has 1 aromatic carbocycles. The lowest BCUT2D eigenvalue weighted by molar-refractivity contribution is -0.384. The third-order valence-corrected chi connectivity index (χ3v) is 3.79. The van der Waals surface area contributed by atoms with Gasteiger partial charge in [-0.05, 0) is 38.4 Å². The Kier molecular flexibility index (Phi) is 3.70. The summed E-state index contributed by atoms with van der Waals surface area (Å²) in [5, 5.41) is 18.6. The maximum Gasteiger partial charge on any atom is 0.270 e. The van der Waals surface area contributed by atoms with E-state index in [0.29, 0.717) is 6.04 Å². The van der Waals surface area contributed by atoms with E-state index in [-0.39, 0.29) is 10.6 Å². The number of fused-ring (bicyclic) bond motifs is 1. The SMILES string of the molecule is Cc1cc(NC2CCCNC2)c2cc([N+](=O)[O-])ccc2n1. The summed E-state index contributed by atoms with van der Waals surface area (Å²) in [6.45, 7) is 3.91. The summed E-state index contributed by atoms with van der Waals surface area (Å²) in [6.07, 6.45) is 2.24. The zero-order chi connectivity index (χ0) is 14.8.